The van der Waals surface area contributed by atoms with E-state index in [1.54, 1.807) is 17.7 Å². The molecule has 0 unspecified atom stereocenters. The van der Waals surface area contributed by atoms with Gasteiger partial charge in [0.25, 0.3) is 11.6 Å². The molecule has 160 valence electrons. The number of nitro groups is 1. The van der Waals surface area contributed by atoms with E-state index in [9.17, 15) is 24.1 Å². The first kappa shape index (κ1) is 22.1. The van der Waals surface area contributed by atoms with Crippen LogP contribution in [0.25, 0.3) is 0 Å². The molecule has 0 bridgehead atoms. The Morgan fingerprint density at radius 2 is 1.97 bits per heavy atom. The number of rotatable bonds is 9. The summed E-state index contributed by atoms with van der Waals surface area (Å²) in [5.41, 5.74) is 0.0746. The van der Waals surface area contributed by atoms with E-state index in [-0.39, 0.29) is 34.9 Å². The molecular formula is C20H18FN5O4S. The van der Waals surface area contributed by atoms with E-state index in [1.807, 2.05) is 0 Å². The van der Waals surface area contributed by atoms with Gasteiger partial charge in [0.05, 0.1) is 16.2 Å². The molecule has 1 N–H and O–H groups in total. The summed E-state index contributed by atoms with van der Waals surface area (Å²) < 4.78 is 15.3. The van der Waals surface area contributed by atoms with E-state index in [1.165, 1.54) is 42.5 Å². The van der Waals surface area contributed by atoms with E-state index in [2.05, 4.69) is 15.5 Å². The van der Waals surface area contributed by atoms with E-state index in [0.717, 1.165) is 11.8 Å². The zero-order chi connectivity index (χ0) is 22.4. The molecule has 0 aliphatic heterocycles. The first-order chi connectivity index (χ1) is 14.9. The number of hydrogen-bond donors (Lipinski definition) is 1. The molecule has 0 atom stereocenters. The van der Waals surface area contributed by atoms with Gasteiger partial charge in [0, 0.05) is 37.7 Å². The molecule has 1 aromatic heterocycles. The second-order valence-corrected chi connectivity index (χ2v) is 7.41. The number of Topliss-reactive ketones (excluding diaryl/α,β-unsaturated/α-hetero) is 1. The number of hydrogen-bond acceptors (Lipinski definition) is 7. The minimum atomic E-state index is -0.592. The van der Waals surface area contributed by atoms with Gasteiger partial charge in [-0.3, -0.25) is 19.7 Å². The quantitative estimate of drug-likeness (QED) is 0.234. The van der Waals surface area contributed by atoms with E-state index in [0.29, 0.717) is 17.4 Å². The summed E-state index contributed by atoms with van der Waals surface area (Å²) in [6, 6.07) is 11.3. The third kappa shape index (κ3) is 5.51. The molecule has 0 fully saturated rings. The number of halogens is 1. The molecule has 31 heavy (non-hydrogen) atoms. The van der Waals surface area contributed by atoms with E-state index < -0.39 is 16.6 Å². The molecule has 0 saturated heterocycles. The predicted molar refractivity (Wildman–Crippen MR) is 112 cm³/mol. The number of carbonyl (C=O) groups is 2. The molecule has 2 aromatic carbocycles. The summed E-state index contributed by atoms with van der Waals surface area (Å²) in [6.45, 7) is 0.233. The highest BCUT2D eigenvalue weighted by Gasteiger charge is 2.16. The van der Waals surface area contributed by atoms with Crippen molar-refractivity contribution in [3.63, 3.8) is 0 Å². The number of carbonyl (C=O) groups excluding carboxylic acids is 2. The maximum atomic E-state index is 13.6. The van der Waals surface area contributed by atoms with Crippen molar-refractivity contribution in [1.29, 1.82) is 0 Å². The van der Waals surface area contributed by atoms with Crippen LogP contribution in [0.2, 0.25) is 0 Å². The van der Waals surface area contributed by atoms with Crippen LogP contribution in [0.15, 0.2) is 53.7 Å². The fraction of sp³-hybridized carbons (Fsp3) is 0.200. The highest BCUT2D eigenvalue weighted by atomic mass is 32.2. The Hall–Kier alpha value is -3.60. The number of non-ortho nitro benzene ring substituents is 1. The number of aromatic nitrogens is 3. The van der Waals surface area contributed by atoms with Gasteiger partial charge >= 0.3 is 0 Å². The number of nitro benzene ring substituents is 1. The summed E-state index contributed by atoms with van der Waals surface area (Å²) in [6.07, 6.45) is 0.364. The van der Waals surface area contributed by atoms with Crippen LogP contribution in [-0.4, -0.2) is 43.7 Å². The van der Waals surface area contributed by atoms with Crippen LogP contribution in [0, 0.1) is 15.9 Å². The lowest BCUT2D eigenvalue weighted by molar-refractivity contribution is -0.384. The monoisotopic (exact) mass is 443 g/mol. The molecular weight excluding hydrogens is 425 g/mol. The van der Waals surface area contributed by atoms with Gasteiger partial charge in [-0.1, -0.05) is 36.0 Å². The lowest BCUT2D eigenvalue weighted by Crippen LogP contribution is -2.27. The molecule has 0 aliphatic rings. The Labute approximate surface area is 180 Å². The molecule has 11 heteroatoms. The number of nitrogens with zero attached hydrogens (tertiary/aromatic N) is 4. The topological polar surface area (TPSA) is 120 Å². The summed E-state index contributed by atoms with van der Waals surface area (Å²) in [7, 11) is 1.73. The smallest absolute Gasteiger partial charge is 0.270 e. The van der Waals surface area contributed by atoms with Gasteiger partial charge in [-0.25, -0.2) is 4.39 Å². The number of thioether (sulfide) groups is 1. The van der Waals surface area contributed by atoms with Crippen molar-refractivity contribution >= 4 is 29.1 Å². The summed E-state index contributed by atoms with van der Waals surface area (Å²) in [5, 5.41) is 22.1. The Morgan fingerprint density at radius 1 is 1.19 bits per heavy atom. The summed E-state index contributed by atoms with van der Waals surface area (Å²) in [5.74, 6) is -0.755. The van der Waals surface area contributed by atoms with Crippen molar-refractivity contribution in [2.24, 2.45) is 7.05 Å². The van der Waals surface area contributed by atoms with Crippen LogP contribution in [0.3, 0.4) is 0 Å². The molecule has 0 saturated carbocycles. The average molecular weight is 443 g/mol. The van der Waals surface area contributed by atoms with Gasteiger partial charge in [0.1, 0.15) is 11.6 Å². The molecule has 0 radical (unpaired) electrons. The highest BCUT2D eigenvalue weighted by molar-refractivity contribution is 7.99. The third-order valence-electron chi connectivity index (χ3n) is 4.39. The van der Waals surface area contributed by atoms with Gasteiger partial charge in [-0.05, 0) is 12.1 Å². The Bertz CT molecular complexity index is 1130. The van der Waals surface area contributed by atoms with Crippen molar-refractivity contribution in [3.8, 4) is 0 Å². The van der Waals surface area contributed by atoms with Crippen LogP contribution in [0.5, 0.6) is 0 Å². The SMILES string of the molecule is Cn1c(CCNC(=O)c2ccccc2F)nnc1SCC(=O)c1cccc([N+](=O)[O-])c1. The van der Waals surface area contributed by atoms with Crippen LogP contribution < -0.4 is 5.32 Å². The number of amides is 1. The zero-order valence-electron chi connectivity index (χ0n) is 16.4. The first-order valence-electron chi connectivity index (χ1n) is 9.18. The Morgan fingerprint density at radius 3 is 2.71 bits per heavy atom. The molecule has 0 aliphatic carbocycles. The first-order valence-corrected chi connectivity index (χ1v) is 10.2. The fourth-order valence-corrected chi connectivity index (χ4v) is 3.55. The maximum absolute atomic E-state index is 13.6. The van der Waals surface area contributed by atoms with Crippen LogP contribution >= 0.6 is 11.8 Å². The van der Waals surface area contributed by atoms with Gasteiger partial charge < -0.3 is 9.88 Å². The minimum absolute atomic E-state index is 0.0311. The number of nitrogens with one attached hydrogen (secondary N) is 1. The normalized spacial score (nSPS) is 10.6. The standard InChI is InChI=1S/C20H18FN5O4S/c1-25-18(9-10-22-19(28)15-7-2-3-8-16(15)21)23-24-20(25)31-12-17(27)13-5-4-6-14(11-13)26(29)30/h2-8,11H,9-10,12H2,1H3,(H,22,28). The van der Waals surface area contributed by atoms with Gasteiger partial charge in [0.2, 0.25) is 0 Å². The van der Waals surface area contributed by atoms with E-state index in [4.69, 9.17) is 0 Å². The summed E-state index contributed by atoms with van der Waals surface area (Å²) >= 11 is 1.16. The van der Waals surface area contributed by atoms with Crippen molar-refractivity contribution in [2.75, 3.05) is 12.3 Å². The molecule has 0 spiro atoms. The summed E-state index contributed by atoms with van der Waals surface area (Å²) in [4.78, 5) is 34.7. The van der Waals surface area contributed by atoms with Crippen molar-refractivity contribution in [3.05, 3.63) is 81.4 Å². The van der Waals surface area contributed by atoms with Crippen molar-refractivity contribution < 1.29 is 18.9 Å². The lowest BCUT2D eigenvalue weighted by Gasteiger charge is -2.06. The van der Waals surface area contributed by atoms with Crippen molar-refractivity contribution in [2.45, 2.75) is 11.6 Å². The zero-order valence-corrected chi connectivity index (χ0v) is 17.3. The lowest BCUT2D eigenvalue weighted by atomic mass is 10.1. The Balaban J connectivity index is 1.53. The second-order valence-electron chi connectivity index (χ2n) is 6.46. The van der Waals surface area contributed by atoms with Crippen molar-refractivity contribution in [1.82, 2.24) is 20.1 Å². The van der Waals surface area contributed by atoms with Gasteiger partial charge in [-0.2, -0.15) is 0 Å². The molecule has 1 amide bonds. The molecule has 3 aromatic rings. The maximum Gasteiger partial charge on any atom is 0.270 e. The minimum Gasteiger partial charge on any atom is -0.351 e. The highest BCUT2D eigenvalue weighted by Crippen LogP contribution is 2.19. The van der Waals surface area contributed by atoms with Gasteiger partial charge in [-0.15, -0.1) is 10.2 Å². The third-order valence-corrected chi connectivity index (χ3v) is 5.41. The number of ketones is 1. The molecule has 9 nitrogen and oxygen atoms in total. The Kier molecular flexibility index (Phi) is 7.08. The molecule has 1 heterocycles. The number of benzene rings is 2. The van der Waals surface area contributed by atoms with Gasteiger partial charge in [0.15, 0.2) is 10.9 Å². The van der Waals surface area contributed by atoms with Crippen LogP contribution in [0.1, 0.15) is 26.5 Å². The average Bonchev–Trinajstić information content (AvgIpc) is 3.11. The van der Waals surface area contributed by atoms with Crippen LogP contribution in [-0.2, 0) is 13.5 Å². The van der Waals surface area contributed by atoms with Crippen LogP contribution in [0.4, 0.5) is 10.1 Å². The predicted octanol–water partition coefficient (Wildman–Crippen LogP) is 2.81. The van der Waals surface area contributed by atoms with E-state index >= 15 is 0 Å². The fourth-order valence-electron chi connectivity index (χ4n) is 2.72. The molecule has 3 rings (SSSR count). The largest absolute Gasteiger partial charge is 0.351 e. The second kappa shape index (κ2) is 9.94.